The van der Waals surface area contributed by atoms with Gasteiger partial charge in [-0.15, -0.1) is 0 Å². The van der Waals surface area contributed by atoms with Gasteiger partial charge in [0.15, 0.2) is 0 Å². The van der Waals surface area contributed by atoms with Gasteiger partial charge in [-0.2, -0.15) is 26.3 Å². The summed E-state index contributed by atoms with van der Waals surface area (Å²) in [5.74, 6) is -1.49. The van der Waals surface area contributed by atoms with Crippen molar-refractivity contribution in [2.45, 2.75) is 66.7 Å². The van der Waals surface area contributed by atoms with Crippen LogP contribution in [0, 0.1) is 11.8 Å². The zero-order valence-corrected chi connectivity index (χ0v) is 35.2. The van der Waals surface area contributed by atoms with Crippen LogP contribution in [0.3, 0.4) is 0 Å². The number of halogens is 6. The highest BCUT2D eigenvalue weighted by molar-refractivity contribution is 7.92. The number of hydrogen-bond acceptors (Lipinski definition) is 10. The second-order valence-electron chi connectivity index (χ2n) is 15.3. The molecule has 0 aliphatic carbocycles. The maximum absolute atomic E-state index is 13.9. The molecular formula is C42H48F6N4O7S2. The zero-order chi connectivity index (χ0) is 44.9. The fourth-order valence-electron chi connectivity index (χ4n) is 7.20. The normalized spacial score (nSPS) is 15.5. The lowest BCUT2D eigenvalue weighted by Gasteiger charge is -2.36. The van der Waals surface area contributed by atoms with E-state index < -0.39 is 70.6 Å². The monoisotopic (exact) mass is 898 g/mol. The number of nitrogens with one attached hydrogen (secondary N) is 2. The summed E-state index contributed by atoms with van der Waals surface area (Å²) >= 11 is 0. The first-order valence-corrected chi connectivity index (χ1v) is 22.4. The van der Waals surface area contributed by atoms with E-state index in [0.29, 0.717) is 73.9 Å². The average Bonchev–Trinajstić information content (AvgIpc) is 3.21. The molecule has 5 rings (SSSR count). The molecule has 61 heavy (non-hydrogen) atoms. The van der Waals surface area contributed by atoms with Crippen LogP contribution in [0.25, 0.3) is 11.1 Å². The fourth-order valence-corrected chi connectivity index (χ4v) is 9.22. The van der Waals surface area contributed by atoms with E-state index in [2.05, 4.69) is 5.32 Å². The van der Waals surface area contributed by atoms with Gasteiger partial charge in [0.1, 0.15) is 4.90 Å². The Morgan fingerprint density at radius 2 is 1.49 bits per heavy atom. The van der Waals surface area contributed by atoms with Gasteiger partial charge in [0.05, 0.1) is 28.9 Å². The first-order chi connectivity index (χ1) is 28.5. The van der Waals surface area contributed by atoms with Crippen LogP contribution in [0.4, 0.5) is 37.7 Å². The number of carbonyl (C=O) groups excluding carboxylic acids is 1. The van der Waals surface area contributed by atoms with Crippen molar-refractivity contribution in [1.29, 1.82) is 0 Å². The molecule has 4 aromatic rings. The highest BCUT2D eigenvalue weighted by atomic mass is 32.2. The molecule has 0 bridgehead atoms. The number of carbonyl (C=O) groups is 1. The van der Waals surface area contributed by atoms with Gasteiger partial charge in [0, 0.05) is 36.9 Å². The Hall–Kier alpha value is -4.69. The molecule has 1 saturated heterocycles. The van der Waals surface area contributed by atoms with E-state index >= 15 is 0 Å². The Kier molecular flexibility index (Phi) is 14.9. The van der Waals surface area contributed by atoms with E-state index in [0.717, 1.165) is 24.3 Å². The quantitative estimate of drug-likeness (QED) is 0.0832. The first-order valence-electron chi connectivity index (χ1n) is 19.4. The molecule has 4 N–H and O–H groups in total. The van der Waals surface area contributed by atoms with Crippen LogP contribution in [0.15, 0.2) is 101 Å². The van der Waals surface area contributed by atoms with Crippen LogP contribution in [0.5, 0.6) is 0 Å². The molecule has 1 heterocycles. The van der Waals surface area contributed by atoms with E-state index in [-0.39, 0.29) is 24.0 Å². The molecular weight excluding hydrogens is 851 g/mol. The fraction of sp³-hybridized carbons (Fsp3) is 0.405. The summed E-state index contributed by atoms with van der Waals surface area (Å²) in [5, 5.41) is 23.4. The number of sulfone groups is 1. The van der Waals surface area contributed by atoms with Gasteiger partial charge in [-0.05, 0) is 116 Å². The van der Waals surface area contributed by atoms with Crippen molar-refractivity contribution in [2.75, 3.05) is 50.1 Å². The minimum atomic E-state index is -6.07. The molecule has 2 atom stereocenters. The smallest absolute Gasteiger partial charge is 0.395 e. The second kappa shape index (κ2) is 19.1. The number of alkyl halides is 6. The van der Waals surface area contributed by atoms with Crippen molar-refractivity contribution in [1.82, 2.24) is 9.62 Å². The van der Waals surface area contributed by atoms with Crippen molar-refractivity contribution in [3.63, 3.8) is 0 Å². The SMILES string of the molecule is CC(C)[C@@H](CCN(C)CCO)Nc1ccc(S(=O)(=O)NC(=O)c2ccc(N3CCC([C@@H](O)c4ccccc4-c4ccc(C(F)(F)F)cc4)CC3)cc2)cc1S(=O)(=O)C(F)(F)F. The molecule has 332 valence electrons. The van der Waals surface area contributed by atoms with E-state index in [9.17, 15) is 58.2 Å². The number of hydrogen-bond donors (Lipinski definition) is 4. The molecule has 0 radical (unpaired) electrons. The summed E-state index contributed by atoms with van der Waals surface area (Å²) in [6.07, 6.45) is -3.94. The summed E-state index contributed by atoms with van der Waals surface area (Å²) in [6, 6.07) is 19.3. The van der Waals surface area contributed by atoms with Crippen LogP contribution in [-0.2, 0) is 26.0 Å². The Morgan fingerprint density at radius 3 is 2.07 bits per heavy atom. The number of likely N-dealkylation sites (N-methyl/N-ethyl adjacent to an activating group) is 1. The Bertz CT molecular complexity index is 2350. The Morgan fingerprint density at radius 1 is 0.869 bits per heavy atom. The van der Waals surface area contributed by atoms with Gasteiger partial charge in [0.2, 0.25) is 0 Å². The molecule has 1 amide bonds. The number of anilines is 2. The maximum Gasteiger partial charge on any atom is 0.501 e. The molecule has 11 nitrogen and oxygen atoms in total. The predicted octanol–water partition coefficient (Wildman–Crippen LogP) is 7.49. The Labute approximate surface area is 351 Å². The standard InChI is InChI=1S/C42H48F6N4O7S2/c1-27(2)36(20-21-51(3)24-25-53)49-37-17-16-33(26-38(37)60(56,57)42(46,47)48)61(58,59)50-40(55)30-10-14-32(15-11-30)52-22-18-29(19-23-52)39(54)35-7-5-4-6-34(35)28-8-12-31(13-9-28)41(43,44)45/h4-17,26-27,29,36,39,49,53-54H,18-25H2,1-3H3,(H,50,55)/t36-,39-/m1/s1. The lowest BCUT2D eigenvalue weighted by Crippen LogP contribution is -2.36. The summed E-state index contributed by atoms with van der Waals surface area (Å²) in [4.78, 5) is 14.7. The highest BCUT2D eigenvalue weighted by Gasteiger charge is 2.48. The topological polar surface area (TPSA) is 156 Å². The number of benzene rings is 4. The number of nitrogens with zero attached hydrogens (tertiary/aromatic N) is 2. The average molecular weight is 899 g/mol. The van der Waals surface area contributed by atoms with Crippen molar-refractivity contribution >= 4 is 37.1 Å². The van der Waals surface area contributed by atoms with E-state index in [4.69, 9.17) is 0 Å². The van der Waals surface area contributed by atoms with E-state index in [1.165, 1.54) is 24.3 Å². The van der Waals surface area contributed by atoms with Crippen LogP contribution in [0.1, 0.15) is 60.7 Å². The van der Waals surface area contributed by atoms with Gasteiger partial charge < -0.3 is 25.3 Å². The largest absolute Gasteiger partial charge is 0.501 e. The molecule has 1 aliphatic rings. The summed E-state index contributed by atoms with van der Waals surface area (Å²) in [5.41, 5.74) is -4.70. The third-order valence-electron chi connectivity index (χ3n) is 10.8. The number of aliphatic hydroxyl groups excluding tert-OH is 2. The third kappa shape index (κ3) is 11.4. The van der Waals surface area contributed by atoms with Gasteiger partial charge >= 0.3 is 11.7 Å². The second-order valence-corrected chi connectivity index (χ2v) is 18.9. The van der Waals surface area contributed by atoms with Gasteiger partial charge in [-0.25, -0.2) is 21.6 Å². The number of aliphatic hydroxyl groups is 2. The molecule has 1 fully saturated rings. The van der Waals surface area contributed by atoms with Gasteiger partial charge in [0.25, 0.3) is 25.8 Å². The summed E-state index contributed by atoms with van der Waals surface area (Å²) in [6.45, 7) is 5.18. The molecule has 4 aromatic carbocycles. The van der Waals surface area contributed by atoms with Crippen molar-refractivity contribution in [2.24, 2.45) is 11.8 Å². The minimum Gasteiger partial charge on any atom is -0.395 e. The first kappa shape index (κ1) is 47.4. The number of sulfonamides is 1. The zero-order valence-electron chi connectivity index (χ0n) is 33.5. The summed E-state index contributed by atoms with van der Waals surface area (Å²) < 4.78 is 135. The van der Waals surface area contributed by atoms with Crippen LogP contribution < -0.4 is 14.9 Å². The van der Waals surface area contributed by atoms with Gasteiger partial charge in [-0.3, -0.25) is 4.79 Å². The number of amides is 1. The highest BCUT2D eigenvalue weighted by Crippen LogP contribution is 2.39. The van der Waals surface area contributed by atoms with Crippen molar-refractivity contribution < 1.29 is 58.2 Å². The van der Waals surface area contributed by atoms with Crippen LogP contribution in [0.2, 0.25) is 0 Å². The lowest BCUT2D eigenvalue weighted by molar-refractivity contribution is -0.137. The van der Waals surface area contributed by atoms with Crippen molar-refractivity contribution in [3.05, 3.63) is 108 Å². The molecule has 19 heteroatoms. The summed E-state index contributed by atoms with van der Waals surface area (Å²) in [7, 11) is -9.23. The Balaban J connectivity index is 1.26. The molecule has 0 aromatic heterocycles. The van der Waals surface area contributed by atoms with E-state index in [1.54, 1.807) is 62.2 Å². The molecule has 0 spiro atoms. The predicted molar refractivity (Wildman–Crippen MR) is 219 cm³/mol. The van der Waals surface area contributed by atoms with Crippen molar-refractivity contribution in [3.8, 4) is 11.1 Å². The lowest BCUT2D eigenvalue weighted by atomic mass is 9.84. The minimum absolute atomic E-state index is 0.107. The number of rotatable bonds is 16. The van der Waals surface area contributed by atoms with Crippen LogP contribution in [-0.4, -0.2) is 89.2 Å². The van der Waals surface area contributed by atoms with Crippen LogP contribution >= 0.6 is 0 Å². The molecule has 0 unspecified atom stereocenters. The van der Waals surface area contributed by atoms with E-state index in [1.807, 2.05) is 9.62 Å². The molecule has 0 saturated carbocycles. The maximum atomic E-state index is 13.9. The third-order valence-corrected chi connectivity index (χ3v) is 13.7. The molecule has 1 aliphatic heterocycles. The number of piperidine rings is 1. The van der Waals surface area contributed by atoms with Gasteiger partial charge in [-0.1, -0.05) is 50.2 Å².